The van der Waals surface area contributed by atoms with Crippen LogP contribution in [0.2, 0.25) is 0 Å². The number of nitrogens with two attached hydrogens (primary N) is 1. The Kier molecular flexibility index (Phi) is 4.87. The SMILES string of the molecule is BC(CNC(=O)OC(C)(C)C)c1cccc(C)c1N. The Morgan fingerprint density at radius 1 is 1.47 bits per heavy atom. The molecule has 4 nitrogen and oxygen atoms in total. The summed E-state index contributed by atoms with van der Waals surface area (Å²) >= 11 is 0. The summed E-state index contributed by atoms with van der Waals surface area (Å²) < 4.78 is 5.20. The second-order valence-electron chi connectivity index (χ2n) is 5.86. The number of benzene rings is 1. The molecule has 19 heavy (non-hydrogen) atoms. The van der Waals surface area contributed by atoms with Crippen molar-refractivity contribution in [2.45, 2.75) is 39.1 Å². The van der Waals surface area contributed by atoms with E-state index in [9.17, 15) is 4.79 Å². The van der Waals surface area contributed by atoms with Crippen molar-refractivity contribution in [1.29, 1.82) is 0 Å². The van der Waals surface area contributed by atoms with Crippen LogP contribution in [0, 0.1) is 6.92 Å². The number of aryl methyl sites for hydroxylation is 1. The fraction of sp³-hybridized carbons (Fsp3) is 0.500. The average molecular weight is 262 g/mol. The molecule has 0 bridgehead atoms. The number of anilines is 1. The second kappa shape index (κ2) is 6.00. The largest absolute Gasteiger partial charge is 0.444 e. The van der Waals surface area contributed by atoms with Gasteiger partial charge in [0.05, 0.1) is 0 Å². The standard InChI is InChI=1S/C14H23BN2O2/c1-9-6-5-7-10(12(9)16)11(15)8-17-13(18)19-14(2,3)4/h5-7,11H,8,15-16H2,1-4H3,(H,17,18). The van der Waals surface area contributed by atoms with Crippen LogP contribution in [-0.2, 0) is 4.74 Å². The number of nitrogens with one attached hydrogen (secondary N) is 1. The van der Waals surface area contributed by atoms with E-state index in [-0.39, 0.29) is 5.82 Å². The van der Waals surface area contributed by atoms with Gasteiger partial charge in [0.15, 0.2) is 0 Å². The van der Waals surface area contributed by atoms with Gasteiger partial charge in [-0.05, 0) is 44.6 Å². The smallest absolute Gasteiger partial charge is 0.407 e. The molecule has 1 atom stereocenters. The maximum Gasteiger partial charge on any atom is 0.407 e. The third kappa shape index (κ3) is 4.85. The zero-order chi connectivity index (χ0) is 14.6. The van der Waals surface area contributed by atoms with Crippen LogP contribution in [0.4, 0.5) is 10.5 Å². The van der Waals surface area contributed by atoms with Crippen LogP contribution >= 0.6 is 0 Å². The molecule has 3 N–H and O–H groups in total. The van der Waals surface area contributed by atoms with Crippen molar-refractivity contribution in [1.82, 2.24) is 5.32 Å². The molecule has 0 aromatic heterocycles. The van der Waals surface area contributed by atoms with E-state index in [2.05, 4.69) is 5.32 Å². The maximum absolute atomic E-state index is 11.6. The molecule has 0 spiro atoms. The Morgan fingerprint density at radius 2 is 2.11 bits per heavy atom. The molecule has 0 saturated carbocycles. The molecule has 0 aliphatic heterocycles. The topological polar surface area (TPSA) is 64.3 Å². The van der Waals surface area contributed by atoms with Gasteiger partial charge in [-0.25, -0.2) is 4.79 Å². The summed E-state index contributed by atoms with van der Waals surface area (Å²) in [6, 6.07) is 5.95. The molecule has 1 aromatic carbocycles. The van der Waals surface area contributed by atoms with Crippen LogP contribution in [0.25, 0.3) is 0 Å². The number of para-hydroxylation sites is 1. The van der Waals surface area contributed by atoms with Crippen LogP contribution in [0.1, 0.15) is 37.7 Å². The molecule has 1 unspecified atom stereocenters. The number of amides is 1. The molecule has 104 valence electrons. The van der Waals surface area contributed by atoms with E-state index in [1.807, 2.05) is 53.7 Å². The minimum Gasteiger partial charge on any atom is -0.444 e. The minimum absolute atomic E-state index is 0.146. The van der Waals surface area contributed by atoms with Crippen molar-refractivity contribution in [2.75, 3.05) is 12.3 Å². The second-order valence-corrected chi connectivity index (χ2v) is 5.86. The quantitative estimate of drug-likeness (QED) is 0.644. The number of hydrogen-bond acceptors (Lipinski definition) is 3. The van der Waals surface area contributed by atoms with Crippen molar-refractivity contribution < 1.29 is 9.53 Å². The van der Waals surface area contributed by atoms with E-state index in [1.54, 1.807) is 0 Å². The number of rotatable bonds is 3. The van der Waals surface area contributed by atoms with Gasteiger partial charge >= 0.3 is 6.09 Å². The fourth-order valence-corrected chi connectivity index (χ4v) is 1.79. The first-order valence-corrected chi connectivity index (χ1v) is 6.52. The van der Waals surface area contributed by atoms with Gasteiger partial charge < -0.3 is 15.8 Å². The summed E-state index contributed by atoms with van der Waals surface area (Å²) in [5.74, 6) is 0.146. The Hall–Kier alpha value is -1.65. The molecular weight excluding hydrogens is 239 g/mol. The molecule has 0 saturated heterocycles. The lowest BCUT2D eigenvalue weighted by atomic mass is 9.79. The molecule has 1 aromatic rings. The summed E-state index contributed by atoms with van der Waals surface area (Å²) in [5, 5.41) is 2.77. The number of nitrogen functional groups attached to an aromatic ring is 1. The highest BCUT2D eigenvalue weighted by atomic mass is 16.6. The van der Waals surface area contributed by atoms with Crippen LogP contribution in [0.15, 0.2) is 18.2 Å². The maximum atomic E-state index is 11.6. The molecule has 0 aliphatic carbocycles. The van der Waals surface area contributed by atoms with Gasteiger partial charge in [0.1, 0.15) is 13.4 Å². The van der Waals surface area contributed by atoms with E-state index in [0.717, 1.165) is 16.8 Å². The number of alkyl carbamates (subject to hydrolysis) is 1. The zero-order valence-corrected chi connectivity index (χ0v) is 12.4. The van der Waals surface area contributed by atoms with Gasteiger partial charge in [0.2, 0.25) is 0 Å². The molecule has 0 radical (unpaired) electrons. The third-order valence-electron chi connectivity index (χ3n) is 2.84. The highest BCUT2D eigenvalue weighted by Gasteiger charge is 2.17. The van der Waals surface area contributed by atoms with E-state index in [4.69, 9.17) is 10.5 Å². The lowest BCUT2D eigenvalue weighted by Crippen LogP contribution is -2.35. The zero-order valence-electron chi connectivity index (χ0n) is 12.4. The lowest BCUT2D eigenvalue weighted by molar-refractivity contribution is 0.0528. The predicted octanol–water partition coefficient (Wildman–Crippen LogP) is 1.78. The molecule has 5 heteroatoms. The van der Waals surface area contributed by atoms with Gasteiger partial charge in [-0.15, -0.1) is 0 Å². The summed E-state index contributed by atoms with van der Waals surface area (Å²) in [4.78, 5) is 11.6. The van der Waals surface area contributed by atoms with Crippen molar-refractivity contribution >= 4 is 19.6 Å². The third-order valence-corrected chi connectivity index (χ3v) is 2.84. The Balaban J connectivity index is 2.59. The van der Waals surface area contributed by atoms with Gasteiger partial charge in [-0.2, -0.15) is 0 Å². The van der Waals surface area contributed by atoms with Crippen LogP contribution < -0.4 is 11.1 Å². The van der Waals surface area contributed by atoms with Gasteiger partial charge in [0, 0.05) is 12.2 Å². The minimum atomic E-state index is -0.477. The first-order chi connectivity index (χ1) is 8.70. The summed E-state index contributed by atoms with van der Waals surface area (Å²) in [7, 11) is 2.03. The van der Waals surface area contributed by atoms with E-state index in [1.165, 1.54) is 0 Å². The van der Waals surface area contributed by atoms with Gasteiger partial charge in [0.25, 0.3) is 0 Å². The molecule has 0 fully saturated rings. The van der Waals surface area contributed by atoms with E-state index >= 15 is 0 Å². The van der Waals surface area contributed by atoms with E-state index in [0.29, 0.717) is 6.54 Å². The van der Waals surface area contributed by atoms with Crippen LogP contribution in [-0.4, -0.2) is 26.1 Å². The number of carbonyl (C=O) groups excluding carboxylic acids is 1. The van der Waals surface area contributed by atoms with Crippen molar-refractivity contribution in [2.24, 2.45) is 0 Å². The highest BCUT2D eigenvalue weighted by Crippen LogP contribution is 2.22. The Bertz CT molecular complexity index is 455. The Morgan fingerprint density at radius 3 is 2.68 bits per heavy atom. The molecular formula is C14H23BN2O2. The molecule has 0 aliphatic rings. The normalized spacial score (nSPS) is 12.8. The van der Waals surface area contributed by atoms with Crippen LogP contribution in [0.5, 0.6) is 0 Å². The molecule has 1 rings (SSSR count). The van der Waals surface area contributed by atoms with Crippen molar-refractivity contribution in [3.8, 4) is 0 Å². The molecule has 0 heterocycles. The van der Waals surface area contributed by atoms with Gasteiger partial charge in [-0.3, -0.25) is 0 Å². The summed E-state index contributed by atoms with van der Waals surface area (Å²) in [6.07, 6.45) is -0.398. The number of carbonyl (C=O) groups is 1. The Labute approximate surface area is 116 Å². The lowest BCUT2D eigenvalue weighted by Gasteiger charge is -2.21. The summed E-state index contributed by atoms with van der Waals surface area (Å²) in [5.41, 5.74) is 8.47. The first kappa shape index (κ1) is 15.4. The van der Waals surface area contributed by atoms with Gasteiger partial charge in [-0.1, -0.05) is 18.2 Å². The summed E-state index contributed by atoms with van der Waals surface area (Å²) in [6.45, 7) is 8.01. The van der Waals surface area contributed by atoms with E-state index < -0.39 is 11.7 Å². The van der Waals surface area contributed by atoms with Crippen LogP contribution in [0.3, 0.4) is 0 Å². The highest BCUT2D eigenvalue weighted by molar-refractivity contribution is 6.13. The number of hydrogen-bond donors (Lipinski definition) is 2. The van der Waals surface area contributed by atoms with Crippen molar-refractivity contribution in [3.63, 3.8) is 0 Å². The number of ether oxygens (including phenoxy) is 1. The molecule has 1 amide bonds. The average Bonchev–Trinajstić information content (AvgIpc) is 2.27. The first-order valence-electron chi connectivity index (χ1n) is 6.52. The fourth-order valence-electron chi connectivity index (χ4n) is 1.79. The monoisotopic (exact) mass is 262 g/mol. The van der Waals surface area contributed by atoms with Crippen molar-refractivity contribution in [3.05, 3.63) is 29.3 Å². The predicted molar refractivity (Wildman–Crippen MR) is 81.1 cm³/mol.